The Hall–Kier alpha value is -1.09. The van der Waals surface area contributed by atoms with Crippen molar-refractivity contribution in [1.82, 2.24) is 4.57 Å². The van der Waals surface area contributed by atoms with Gasteiger partial charge >= 0.3 is 0 Å². The molecule has 0 atom stereocenters. The second-order valence-corrected chi connectivity index (χ2v) is 4.10. The van der Waals surface area contributed by atoms with Crippen molar-refractivity contribution >= 4 is 33.1 Å². The highest BCUT2D eigenvalue weighted by molar-refractivity contribution is 9.10. The summed E-state index contributed by atoms with van der Waals surface area (Å²) in [6.07, 6.45) is 0.902. The molecular weight excluding hydrogens is 242 g/mol. The lowest BCUT2D eigenvalue weighted by atomic mass is 10.1. The van der Waals surface area contributed by atoms with Crippen molar-refractivity contribution in [2.45, 2.75) is 6.92 Å². The Balaban J connectivity index is 3.03. The quantitative estimate of drug-likeness (QED) is 0.715. The van der Waals surface area contributed by atoms with Gasteiger partial charge in [0.2, 0.25) is 0 Å². The van der Waals surface area contributed by atoms with Gasteiger partial charge in [-0.25, -0.2) is 0 Å². The van der Waals surface area contributed by atoms with Crippen LogP contribution in [0, 0.1) is 6.92 Å². The maximum atomic E-state index is 11.0. The van der Waals surface area contributed by atoms with E-state index in [2.05, 4.69) is 15.9 Å². The number of rotatable bonds is 1. The van der Waals surface area contributed by atoms with E-state index in [0.29, 0.717) is 0 Å². The molecule has 0 bridgehead atoms. The number of benzene rings is 1. The van der Waals surface area contributed by atoms with Crippen LogP contribution in [0.25, 0.3) is 10.9 Å². The lowest BCUT2D eigenvalue weighted by Crippen LogP contribution is -1.86. The van der Waals surface area contributed by atoms with Crippen molar-refractivity contribution in [2.24, 2.45) is 7.05 Å². The first kappa shape index (κ1) is 9.46. The zero-order valence-corrected chi connectivity index (χ0v) is 9.63. The first-order chi connectivity index (χ1) is 6.66. The Bertz CT molecular complexity index is 513. The fourth-order valence-corrected chi connectivity index (χ4v) is 2.26. The second kappa shape index (κ2) is 3.24. The number of hydrogen-bond donors (Lipinski definition) is 0. The number of halogens is 1. The van der Waals surface area contributed by atoms with E-state index in [1.165, 1.54) is 0 Å². The molecule has 14 heavy (non-hydrogen) atoms. The lowest BCUT2D eigenvalue weighted by Gasteiger charge is -1.98. The van der Waals surface area contributed by atoms with Gasteiger partial charge in [0.25, 0.3) is 0 Å². The topological polar surface area (TPSA) is 22.0 Å². The Kier molecular flexibility index (Phi) is 2.19. The third kappa shape index (κ3) is 1.12. The molecule has 0 N–H and O–H groups in total. The number of carbonyl (C=O) groups excluding carboxylic acids is 1. The lowest BCUT2D eigenvalue weighted by molar-refractivity contribution is 0.112. The van der Waals surface area contributed by atoms with Crippen LogP contribution in [-0.4, -0.2) is 10.9 Å². The normalized spacial score (nSPS) is 10.8. The first-order valence-corrected chi connectivity index (χ1v) is 5.14. The van der Waals surface area contributed by atoms with E-state index in [4.69, 9.17) is 0 Å². The minimum absolute atomic E-state index is 0.737. The minimum atomic E-state index is 0.737. The maximum absolute atomic E-state index is 11.0. The summed E-state index contributed by atoms with van der Waals surface area (Å²) in [4.78, 5) is 11.0. The molecule has 1 aromatic carbocycles. The molecule has 2 rings (SSSR count). The summed E-state index contributed by atoms with van der Waals surface area (Å²) in [5.74, 6) is 0. The summed E-state index contributed by atoms with van der Waals surface area (Å²) in [6.45, 7) is 2.02. The van der Waals surface area contributed by atoms with E-state index in [-0.39, 0.29) is 0 Å². The molecule has 2 aromatic rings. The monoisotopic (exact) mass is 251 g/mol. The fraction of sp³-hybridized carbons (Fsp3) is 0.182. The minimum Gasteiger partial charge on any atom is -0.338 e. The molecule has 0 aliphatic heterocycles. The molecule has 0 amide bonds. The van der Waals surface area contributed by atoms with E-state index in [9.17, 15) is 4.79 Å². The highest BCUT2D eigenvalue weighted by Gasteiger charge is 2.13. The van der Waals surface area contributed by atoms with Crippen LogP contribution in [0.1, 0.15) is 15.9 Å². The Labute approximate surface area is 90.7 Å². The predicted octanol–water partition coefficient (Wildman–Crippen LogP) is 3.06. The number of aryl methyl sites for hydroxylation is 2. The van der Waals surface area contributed by atoms with Crippen molar-refractivity contribution in [3.8, 4) is 0 Å². The van der Waals surface area contributed by atoms with Gasteiger partial charge < -0.3 is 4.57 Å². The van der Waals surface area contributed by atoms with Gasteiger partial charge in [-0.15, -0.1) is 0 Å². The molecule has 0 spiro atoms. The van der Waals surface area contributed by atoms with E-state index in [1.54, 1.807) is 0 Å². The van der Waals surface area contributed by atoms with Gasteiger partial charge in [0.1, 0.15) is 0 Å². The van der Waals surface area contributed by atoms with Crippen LogP contribution in [0.4, 0.5) is 0 Å². The van der Waals surface area contributed by atoms with Gasteiger partial charge in [0.15, 0.2) is 6.29 Å². The Morgan fingerprint density at radius 1 is 1.43 bits per heavy atom. The summed E-state index contributed by atoms with van der Waals surface area (Å²) in [6, 6.07) is 6.03. The van der Waals surface area contributed by atoms with Gasteiger partial charge in [-0.2, -0.15) is 0 Å². The van der Waals surface area contributed by atoms with Crippen molar-refractivity contribution in [2.75, 3.05) is 0 Å². The van der Waals surface area contributed by atoms with Crippen molar-refractivity contribution in [3.05, 3.63) is 33.9 Å². The SMILES string of the molecule is Cc1cccc2c1c(C=O)c(Br)n2C. The van der Waals surface area contributed by atoms with Crippen molar-refractivity contribution in [1.29, 1.82) is 0 Å². The third-order valence-electron chi connectivity index (χ3n) is 2.52. The molecular formula is C11H10BrNO. The average Bonchev–Trinajstić information content (AvgIpc) is 2.43. The van der Waals surface area contributed by atoms with E-state index < -0.39 is 0 Å². The van der Waals surface area contributed by atoms with Crippen LogP contribution < -0.4 is 0 Å². The molecule has 0 fully saturated rings. The van der Waals surface area contributed by atoms with Crippen molar-refractivity contribution in [3.63, 3.8) is 0 Å². The highest BCUT2D eigenvalue weighted by Crippen LogP contribution is 2.30. The molecule has 3 heteroatoms. The smallest absolute Gasteiger partial charge is 0.153 e. The number of nitrogens with zero attached hydrogens (tertiary/aromatic N) is 1. The average molecular weight is 252 g/mol. The molecule has 0 unspecified atom stereocenters. The number of hydrogen-bond acceptors (Lipinski definition) is 1. The summed E-state index contributed by atoms with van der Waals surface area (Å²) >= 11 is 3.42. The number of aldehydes is 1. The van der Waals surface area contributed by atoms with Gasteiger partial charge in [0, 0.05) is 18.0 Å². The number of fused-ring (bicyclic) bond motifs is 1. The fourth-order valence-electron chi connectivity index (χ4n) is 1.78. The van der Waals surface area contributed by atoms with Gasteiger partial charge in [-0.05, 0) is 34.5 Å². The second-order valence-electron chi connectivity index (χ2n) is 3.35. The molecule has 0 aliphatic carbocycles. The molecule has 0 aliphatic rings. The highest BCUT2D eigenvalue weighted by atomic mass is 79.9. The van der Waals surface area contributed by atoms with Crippen LogP contribution in [0.2, 0.25) is 0 Å². The predicted molar refractivity (Wildman–Crippen MR) is 60.7 cm³/mol. The van der Waals surface area contributed by atoms with Crippen LogP contribution in [0.5, 0.6) is 0 Å². The van der Waals surface area contributed by atoms with E-state index in [0.717, 1.165) is 32.9 Å². The Morgan fingerprint density at radius 2 is 2.14 bits per heavy atom. The van der Waals surface area contributed by atoms with E-state index >= 15 is 0 Å². The molecule has 0 saturated carbocycles. The third-order valence-corrected chi connectivity index (χ3v) is 3.48. The largest absolute Gasteiger partial charge is 0.338 e. The standard InChI is InChI=1S/C11H10BrNO/c1-7-4-3-5-9-10(7)8(6-14)11(12)13(9)2/h3-6H,1-2H3. The van der Waals surface area contributed by atoms with Crippen LogP contribution in [0.15, 0.2) is 22.8 Å². The first-order valence-electron chi connectivity index (χ1n) is 4.35. The zero-order valence-electron chi connectivity index (χ0n) is 8.04. The van der Waals surface area contributed by atoms with Gasteiger partial charge in [-0.3, -0.25) is 4.79 Å². The molecule has 2 nitrogen and oxygen atoms in total. The zero-order chi connectivity index (χ0) is 10.3. The molecule has 72 valence electrons. The Morgan fingerprint density at radius 3 is 2.79 bits per heavy atom. The molecule has 1 aromatic heterocycles. The van der Waals surface area contributed by atoms with E-state index in [1.807, 2.05) is 36.7 Å². The van der Waals surface area contributed by atoms with Crippen molar-refractivity contribution < 1.29 is 4.79 Å². The molecule has 0 radical (unpaired) electrons. The summed E-state index contributed by atoms with van der Waals surface area (Å²) < 4.78 is 2.82. The van der Waals surface area contributed by atoms with Crippen LogP contribution in [0.3, 0.4) is 0 Å². The van der Waals surface area contributed by atoms with Gasteiger partial charge in [0.05, 0.1) is 10.2 Å². The number of aromatic nitrogens is 1. The van der Waals surface area contributed by atoms with Crippen LogP contribution in [-0.2, 0) is 7.05 Å². The summed E-state index contributed by atoms with van der Waals surface area (Å²) in [7, 11) is 1.94. The molecule has 1 heterocycles. The maximum Gasteiger partial charge on any atom is 0.153 e. The molecule has 0 saturated heterocycles. The van der Waals surface area contributed by atoms with Gasteiger partial charge in [-0.1, -0.05) is 12.1 Å². The van der Waals surface area contributed by atoms with Crippen LogP contribution >= 0.6 is 15.9 Å². The number of carbonyl (C=O) groups is 1. The summed E-state index contributed by atoms with van der Waals surface area (Å²) in [5.41, 5.74) is 2.95. The summed E-state index contributed by atoms with van der Waals surface area (Å²) in [5, 5.41) is 1.04.